The second kappa shape index (κ2) is 10.3. The minimum Gasteiger partial charge on any atom is -0.508 e. The number of phenolic OH excluding ortho intramolecular Hbond substituents is 1. The molecule has 44 heavy (non-hydrogen) atoms. The van der Waals surface area contributed by atoms with E-state index in [4.69, 9.17) is 10.5 Å². The number of aliphatic hydroxyl groups is 3. The first-order valence-electron chi connectivity index (χ1n) is 14.2. The number of benzene rings is 2. The number of primary amides is 1. The lowest BCUT2D eigenvalue weighted by molar-refractivity contribution is -0.170. The Morgan fingerprint density at radius 3 is 2.16 bits per heavy atom. The molecule has 11 heteroatoms. The van der Waals surface area contributed by atoms with Gasteiger partial charge in [0.2, 0.25) is 5.78 Å². The first-order valence-corrected chi connectivity index (χ1v) is 14.2. The third-order valence-corrected chi connectivity index (χ3v) is 9.16. The van der Waals surface area contributed by atoms with E-state index >= 15 is 0 Å². The predicted octanol–water partition coefficient (Wildman–Crippen LogP) is 2.66. The number of nitrogens with two attached hydrogens (primary N) is 1. The van der Waals surface area contributed by atoms with E-state index in [9.17, 15) is 39.6 Å². The SMILES string of the molecule is C[C@H]1c2ccc(C(C)(C)C)c(O)c2C(O)=C2C(=O)[C@]3(O)C(O)=C(C(N)=O)C(=O)[C@@H](N(C)C)C3C(OC(=O)c3ccccc3)C21. The summed E-state index contributed by atoms with van der Waals surface area (Å²) in [6.07, 6.45) is -1.50. The number of nitrogens with zero attached hydrogens (tertiary/aromatic N) is 1. The quantitative estimate of drug-likeness (QED) is 0.256. The number of Topliss-reactive ketones (excluding diaryl/α,β-unsaturated/α-hetero) is 2. The van der Waals surface area contributed by atoms with Crippen LogP contribution in [0.2, 0.25) is 0 Å². The molecule has 0 spiro atoms. The molecule has 1 saturated carbocycles. The fraction of sp³-hybridized carbons (Fsp3) is 0.394. The number of ketones is 2. The highest BCUT2D eigenvalue weighted by atomic mass is 16.5. The van der Waals surface area contributed by atoms with E-state index in [0.29, 0.717) is 11.1 Å². The van der Waals surface area contributed by atoms with Gasteiger partial charge in [0.25, 0.3) is 5.91 Å². The van der Waals surface area contributed by atoms with Gasteiger partial charge in [0.15, 0.2) is 11.4 Å². The van der Waals surface area contributed by atoms with Crippen LogP contribution in [0, 0.1) is 11.8 Å². The largest absolute Gasteiger partial charge is 0.508 e. The molecule has 3 aliphatic carbocycles. The van der Waals surface area contributed by atoms with Crippen LogP contribution in [0.1, 0.15) is 60.7 Å². The lowest BCUT2D eigenvalue weighted by Gasteiger charge is -2.54. The summed E-state index contributed by atoms with van der Waals surface area (Å²) in [7, 11) is 2.94. The third kappa shape index (κ3) is 4.25. The van der Waals surface area contributed by atoms with Gasteiger partial charge < -0.3 is 30.9 Å². The molecule has 6 atom stereocenters. The second-order valence-corrected chi connectivity index (χ2v) is 13.0. The summed E-state index contributed by atoms with van der Waals surface area (Å²) in [4.78, 5) is 55.5. The van der Waals surface area contributed by atoms with Crippen molar-refractivity contribution in [3.05, 3.63) is 81.6 Å². The van der Waals surface area contributed by atoms with Gasteiger partial charge in [-0.25, -0.2) is 4.79 Å². The molecule has 11 nitrogen and oxygen atoms in total. The van der Waals surface area contributed by atoms with E-state index in [2.05, 4.69) is 0 Å². The summed E-state index contributed by atoms with van der Waals surface area (Å²) in [5.74, 6) is -10.1. The Hall–Kier alpha value is -4.48. The molecular formula is C33H36N2O9. The maximum atomic E-state index is 14.5. The number of hydrogen-bond donors (Lipinski definition) is 5. The van der Waals surface area contributed by atoms with E-state index in [0.717, 1.165) is 0 Å². The molecule has 232 valence electrons. The molecule has 0 saturated heterocycles. The Kier molecular flexibility index (Phi) is 7.26. The van der Waals surface area contributed by atoms with Crippen molar-refractivity contribution in [3.8, 4) is 5.75 Å². The van der Waals surface area contributed by atoms with Crippen molar-refractivity contribution in [2.45, 2.75) is 56.8 Å². The summed E-state index contributed by atoms with van der Waals surface area (Å²) < 4.78 is 6.06. The summed E-state index contributed by atoms with van der Waals surface area (Å²) >= 11 is 0. The predicted molar refractivity (Wildman–Crippen MR) is 159 cm³/mol. The van der Waals surface area contributed by atoms with Crippen molar-refractivity contribution in [2.75, 3.05) is 14.1 Å². The van der Waals surface area contributed by atoms with Gasteiger partial charge >= 0.3 is 5.97 Å². The van der Waals surface area contributed by atoms with E-state index in [1.165, 1.54) is 31.1 Å². The zero-order chi connectivity index (χ0) is 32.6. The molecule has 6 N–H and O–H groups in total. The maximum Gasteiger partial charge on any atom is 0.338 e. The highest BCUT2D eigenvalue weighted by Crippen LogP contribution is 2.57. The zero-order valence-corrected chi connectivity index (χ0v) is 25.3. The van der Waals surface area contributed by atoms with Crippen LogP contribution in [0.5, 0.6) is 5.75 Å². The summed E-state index contributed by atoms with van der Waals surface area (Å²) in [5.41, 5.74) is 1.53. The number of likely N-dealkylation sites (N-methyl/N-ethyl adjacent to an activating group) is 1. The number of carbonyl (C=O) groups excluding carboxylic acids is 4. The molecule has 2 aromatic rings. The average Bonchev–Trinajstić information content (AvgIpc) is 2.94. The number of aliphatic hydroxyl groups excluding tert-OH is 2. The van der Waals surface area contributed by atoms with Crippen molar-refractivity contribution in [3.63, 3.8) is 0 Å². The van der Waals surface area contributed by atoms with Gasteiger partial charge in [0.05, 0.1) is 23.1 Å². The van der Waals surface area contributed by atoms with Gasteiger partial charge in [-0.05, 0) is 43.1 Å². The monoisotopic (exact) mass is 604 g/mol. The van der Waals surface area contributed by atoms with Crippen LogP contribution in [0.25, 0.3) is 5.76 Å². The molecule has 0 radical (unpaired) electrons. The summed E-state index contributed by atoms with van der Waals surface area (Å²) in [6, 6.07) is 9.91. The number of esters is 1. The molecule has 3 unspecified atom stereocenters. The normalized spacial score (nSPS) is 28.4. The van der Waals surface area contributed by atoms with Crippen LogP contribution in [-0.4, -0.2) is 80.6 Å². The number of ether oxygens (including phenoxy) is 1. The second-order valence-electron chi connectivity index (χ2n) is 13.0. The topological polar surface area (TPSA) is 188 Å². The van der Waals surface area contributed by atoms with Crippen LogP contribution in [0.4, 0.5) is 0 Å². The molecular weight excluding hydrogens is 568 g/mol. The van der Waals surface area contributed by atoms with Crippen LogP contribution < -0.4 is 5.73 Å². The van der Waals surface area contributed by atoms with Crippen LogP contribution in [-0.2, 0) is 24.5 Å². The summed E-state index contributed by atoms with van der Waals surface area (Å²) in [6.45, 7) is 7.30. The Morgan fingerprint density at radius 2 is 1.61 bits per heavy atom. The standard InChI is InChI=1S/C33H36N2O9/c1-14-16-12-13-17(32(2,3)4)24(36)19(16)25(37)20-18(14)27(44-31(42)15-10-8-7-9-11-15)22-23(35(5)6)26(38)21(30(34)41)29(40)33(22,43)28(20)39/h7-14,18,22-23,27,36-37,40,43H,1-6H3,(H2,34,41)/t14-,18?,22?,23-,27?,33-/m0/s1. The molecule has 5 rings (SSSR count). The van der Waals surface area contributed by atoms with Crippen LogP contribution >= 0.6 is 0 Å². The van der Waals surface area contributed by atoms with Gasteiger partial charge in [-0.2, -0.15) is 0 Å². The smallest absolute Gasteiger partial charge is 0.338 e. The lowest BCUT2D eigenvalue weighted by Crippen LogP contribution is -2.71. The number of aromatic hydroxyl groups is 1. The number of amides is 1. The minimum atomic E-state index is -3.01. The number of carbonyl (C=O) groups is 4. The molecule has 0 aliphatic heterocycles. The van der Waals surface area contributed by atoms with E-state index in [1.807, 2.05) is 20.8 Å². The molecule has 1 amide bonds. The highest BCUT2D eigenvalue weighted by Gasteiger charge is 2.69. The van der Waals surface area contributed by atoms with Crippen LogP contribution in [0.3, 0.4) is 0 Å². The molecule has 0 heterocycles. The van der Waals surface area contributed by atoms with E-state index in [1.54, 1.807) is 37.3 Å². The van der Waals surface area contributed by atoms with Crippen molar-refractivity contribution in [1.29, 1.82) is 0 Å². The molecule has 0 aromatic heterocycles. The van der Waals surface area contributed by atoms with Gasteiger partial charge in [-0.1, -0.05) is 58.0 Å². The Morgan fingerprint density at radius 1 is 1.00 bits per heavy atom. The number of phenols is 1. The van der Waals surface area contributed by atoms with Gasteiger partial charge in [0.1, 0.15) is 28.9 Å². The van der Waals surface area contributed by atoms with E-state index in [-0.39, 0.29) is 16.9 Å². The fourth-order valence-corrected chi connectivity index (χ4v) is 7.10. The van der Waals surface area contributed by atoms with Gasteiger partial charge in [-0.3, -0.25) is 19.3 Å². The third-order valence-electron chi connectivity index (χ3n) is 9.16. The molecule has 1 fully saturated rings. The molecule has 2 aromatic carbocycles. The maximum absolute atomic E-state index is 14.5. The number of fused-ring (bicyclic) bond motifs is 3. The van der Waals surface area contributed by atoms with Gasteiger partial charge in [0, 0.05) is 17.1 Å². The van der Waals surface area contributed by atoms with Gasteiger partial charge in [-0.15, -0.1) is 0 Å². The fourth-order valence-electron chi connectivity index (χ4n) is 7.10. The summed E-state index contributed by atoms with van der Waals surface area (Å²) in [5, 5.41) is 46.7. The zero-order valence-electron chi connectivity index (χ0n) is 25.3. The van der Waals surface area contributed by atoms with Crippen molar-refractivity contribution >= 4 is 29.2 Å². The Bertz CT molecular complexity index is 1670. The molecule has 0 bridgehead atoms. The van der Waals surface area contributed by atoms with Crippen LogP contribution in [0.15, 0.2) is 59.4 Å². The lowest BCUT2D eigenvalue weighted by atomic mass is 9.54. The highest BCUT2D eigenvalue weighted by molar-refractivity contribution is 6.24. The Labute approximate surface area is 254 Å². The number of hydrogen-bond acceptors (Lipinski definition) is 10. The van der Waals surface area contributed by atoms with Crippen molar-refractivity contribution < 1.29 is 44.3 Å². The number of rotatable bonds is 4. The van der Waals surface area contributed by atoms with Crippen molar-refractivity contribution in [2.24, 2.45) is 17.6 Å². The minimum absolute atomic E-state index is 0.0330. The first-order chi connectivity index (χ1) is 20.5. The first kappa shape index (κ1) is 31.0. The molecule has 3 aliphatic rings. The average molecular weight is 605 g/mol. The van der Waals surface area contributed by atoms with Crippen molar-refractivity contribution in [1.82, 2.24) is 4.90 Å². The van der Waals surface area contributed by atoms with E-state index < -0.39 is 87.0 Å². The Balaban J connectivity index is 1.85.